The summed E-state index contributed by atoms with van der Waals surface area (Å²) in [6.45, 7) is 10.8. The van der Waals surface area contributed by atoms with Crippen molar-refractivity contribution >= 4 is 0 Å². The van der Waals surface area contributed by atoms with Crippen molar-refractivity contribution in [3.8, 4) is 0 Å². The third-order valence-corrected chi connectivity index (χ3v) is 2.79. The number of unbranched alkanes of at least 4 members (excludes halogenated alkanes) is 3. The van der Waals surface area contributed by atoms with Gasteiger partial charge in [-0.1, -0.05) is 59.8 Å². The SMILES string of the molecule is CCCC(C)CO.CCCCCCC(C)O.CCCO. The Morgan fingerprint density at radius 2 is 1.30 bits per heavy atom. The zero-order valence-electron chi connectivity index (χ0n) is 14.6. The van der Waals surface area contributed by atoms with Crippen molar-refractivity contribution in [3.63, 3.8) is 0 Å². The second-order valence-electron chi connectivity index (χ2n) is 5.50. The molecular formula is C17H40O3. The van der Waals surface area contributed by atoms with E-state index in [9.17, 15) is 0 Å². The fraction of sp³-hybridized carbons (Fsp3) is 1.00. The van der Waals surface area contributed by atoms with Crippen LogP contribution in [0.1, 0.15) is 86.0 Å². The van der Waals surface area contributed by atoms with Gasteiger partial charge >= 0.3 is 0 Å². The van der Waals surface area contributed by atoms with Crippen LogP contribution in [0.25, 0.3) is 0 Å². The standard InChI is InChI=1S/C8H18O.C6H14O.C3H8O/c1-3-4-5-6-7-8(2)9;1-3-4-6(2)5-7;1-2-3-4/h8-9H,3-7H2,1-2H3;6-7H,3-5H2,1-2H3;4H,2-3H2,1H3. The number of hydrogen-bond acceptors (Lipinski definition) is 3. The van der Waals surface area contributed by atoms with E-state index < -0.39 is 0 Å². The van der Waals surface area contributed by atoms with Crippen molar-refractivity contribution in [1.82, 2.24) is 0 Å². The molecule has 0 radical (unpaired) electrons. The molecule has 0 aliphatic carbocycles. The zero-order chi connectivity index (χ0) is 16.2. The lowest BCUT2D eigenvalue weighted by molar-refractivity contribution is 0.180. The maximum atomic E-state index is 8.85. The molecule has 0 fully saturated rings. The van der Waals surface area contributed by atoms with Crippen LogP contribution >= 0.6 is 0 Å². The molecular weight excluding hydrogens is 252 g/mol. The van der Waals surface area contributed by atoms with Gasteiger partial charge < -0.3 is 15.3 Å². The summed E-state index contributed by atoms with van der Waals surface area (Å²) in [5.41, 5.74) is 0. The van der Waals surface area contributed by atoms with Gasteiger partial charge in [0, 0.05) is 13.2 Å². The van der Waals surface area contributed by atoms with Gasteiger partial charge in [0.1, 0.15) is 0 Å². The van der Waals surface area contributed by atoms with Crippen molar-refractivity contribution in [1.29, 1.82) is 0 Å². The Labute approximate surface area is 127 Å². The normalized spacial score (nSPS) is 12.6. The zero-order valence-corrected chi connectivity index (χ0v) is 14.6. The first kappa shape index (κ1) is 24.9. The molecule has 0 aliphatic rings. The molecule has 0 bridgehead atoms. The predicted molar refractivity (Wildman–Crippen MR) is 89.0 cm³/mol. The Morgan fingerprint density at radius 3 is 1.55 bits per heavy atom. The van der Waals surface area contributed by atoms with E-state index in [0.29, 0.717) is 19.1 Å². The fourth-order valence-electron chi connectivity index (χ4n) is 1.45. The van der Waals surface area contributed by atoms with Crippen LogP contribution in [-0.4, -0.2) is 34.6 Å². The van der Waals surface area contributed by atoms with Gasteiger partial charge in [-0.15, -0.1) is 0 Å². The van der Waals surface area contributed by atoms with Crippen molar-refractivity contribution in [2.24, 2.45) is 5.92 Å². The first-order valence-electron chi connectivity index (χ1n) is 8.39. The highest BCUT2D eigenvalue weighted by atomic mass is 16.3. The van der Waals surface area contributed by atoms with Gasteiger partial charge in [0.25, 0.3) is 0 Å². The lowest BCUT2D eigenvalue weighted by Gasteiger charge is -2.01. The van der Waals surface area contributed by atoms with Gasteiger partial charge in [-0.25, -0.2) is 0 Å². The average Bonchev–Trinajstić information content (AvgIpc) is 2.44. The molecule has 3 nitrogen and oxygen atoms in total. The highest BCUT2D eigenvalue weighted by Crippen LogP contribution is 2.04. The maximum absolute atomic E-state index is 8.85. The lowest BCUT2D eigenvalue weighted by atomic mass is 10.1. The van der Waals surface area contributed by atoms with Gasteiger partial charge in [-0.05, 0) is 32.1 Å². The fourth-order valence-corrected chi connectivity index (χ4v) is 1.45. The van der Waals surface area contributed by atoms with Gasteiger partial charge in [0.15, 0.2) is 0 Å². The molecule has 0 aromatic carbocycles. The van der Waals surface area contributed by atoms with Gasteiger partial charge in [-0.3, -0.25) is 0 Å². The molecule has 2 atom stereocenters. The smallest absolute Gasteiger partial charge is 0.0512 e. The van der Waals surface area contributed by atoms with E-state index >= 15 is 0 Å². The minimum absolute atomic E-state index is 0.0955. The summed E-state index contributed by atoms with van der Waals surface area (Å²) in [4.78, 5) is 0. The van der Waals surface area contributed by atoms with E-state index in [1.54, 1.807) is 0 Å². The molecule has 0 rings (SSSR count). The molecule has 0 saturated carbocycles. The largest absolute Gasteiger partial charge is 0.396 e. The summed E-state index contributed by atoms with van der Waals surface area (Å²) < 4.78 is 0. The molecule has 126 valence electrons. The minimum Gasteiger partial charge on any atom is -0.396 e. The van der Waals surface area contributed by atoms with Crippen molar-refractivity contribution in [2.75, 3.05) is 13.2 Å². The van der Waals surface area contributed by atoms with Crippen LogP contribution in [0, 0.1) is 5.92 Å². The summed E-state index contributed by atoms with van der Waals surface area (Å²) in [5.74, 6) is 0.505. The van der Waals surface area contributed by atoms with Crippen LogP contribution in [0.15, 0.2) is 0 Å². The van der Waals surface area contributed by atoms with Crippen molar-refractivity contribution in [2.45, 2.75) is 92.1 Å². The quantitative estimate of drug-likeness (QED) is 0.560. The molecule has 0 aliphatic heterocycles. The van der Waals surface area contributed by atoms with Crippen LogP contribution in [0.5, 0.6) is 0 Å². The summed E-state index contributed by atoms with van der Waals surface area (Å²) in [6.07, 6.45) is 9.14. The number of aliphatic hydroxyl groups is 3. The monoisotopic (exact) mass is 292 g/mol. The van der Waals surface area contributed by atoms with E-state index in [-0.39, 0.29) is 6.10 Å². The van der Waals surface area contributed by atoms with Crippen molar-refractivity contribution < 1.29 is 15.3 Å². The Bertz CT molecular complexity index is 136. The third kappa shape index (κ3) is 36.1. The summed E-state index contributed by atoms with van der Waals surface area (Å²) in [5, 5.41) is 25.2. The molecule has 0 aromatic rings. The summed E-state index contributed by atoms with van der Waals surface area (Å²) >= 11 is 0. The van der Waals surface area contributed by atoms with Crippen LogP contribution in [0.2, 0.25) is 0 Å². The number of aliphatic hydroxyl groups excluding tert-OH is 3. The molecule has 2 unspecified atom stereocenters. The van der Waals surface area contributed by atoms with Crippen LogP contribution in [0.4, 0.5) is 0 Å². The predicted octanol–water partition coefficient (Wildman–Crippen LogP) is 4.14. The Balaban J connectivity index is -0.000000234. The molecule has 0 spiro atoms. The van der Waals surface area contributed by atoms with E-state index in [0.717, 1.165) is 19.3 Å². The second-order valence-corrected chi connectivity index (χ2v) is 5.50. The molecule has 0 amide bonds. The first-order valence-corrected chi connectivity index (χ1v) is 8.39. The second kappa shape index (κ2) is 23.9. The third-order valence-electron chi connectivity index (χ3n) is 2.79. The average molecular weight is 293 g/mol. The highest BCUT2D eigenvalue weighted by Gasteiger charge is 1.94. The van der Waals surface area contributed by atoms with Gasteiger partial charge in [0.2, 0.25) is 0 Å². The number of hydrogen-bond donors (Lipinski definition) is 3. The Morgan fingerprint density at radius 1 is 0.750 bits per heavy atom. The van der Waals surface area contributed by atoms with Crippen LogP contribution in [0.3, 0.4) is 0 Å². The highest BCUT2D eigenvalue weighted by molar-refractivity contribution is 4.47. The Hall–Kier alpha value is -0.120. The summed E-state index contributed by atoms with van der Waals surface area (Å²) in [7, 11) is 0. The van der Waals surface area contributed by atoms with Gasteiger partial charge in [-0.2, -0.15) is 0 Å². The van der Waals surface area contributed by atoms with E-state index in [4.69, 9.17) is 15.3 Å². The van der Waals surface area contributed by atoms with Crippen molar-refractivity contribution in [3.05, 3.63) is 0 Å². The topological polar surface area (TPSA) is 60.7 Å². The molecule has 0 heterocycles. The maximum Gasteiger partial charge on any atom is 0.0512 e. The number of rotatable bonds is 9. The van der Waals surface area contributed by atoms with Crippen LogP contribution in [-0.2, 0) is 0 Å². The lowest BCUT2D eigenvalue weighted by Crippen LogP contribution is -1.98. The molecule has 20 heavy (non-hydrogen) atoms. The summed E-state index contributed by atoms with van der Waals surface area (Å²) in [6, 6.07) is 0. The first-order chi connectivity index (χ1) is 9.49. The minimum atomic E-state index is -0.0955. The van der Waals surface area contributed by atoms with E-state index in [2.05, 4.69) is 20.8 Å². The molecule has 3 N–H and O–H groups in total. The molecule has 0 saturated heterocycles. The molecule has 3 heteroatoms. The Kier molecular flexibility index (Phi) is 29.8. The van der Waals surface area contributed by atoms with Gasteiger partial charge in [0.05, 0.1) is 6.10 Å². The van der Waals surface area contributed by atoms with E-state index in [1.807, 2.05) is 13.8 Å². The van der Waals surface area contributed by atoms with E-state index in [1.165, 1.54) is 32.1 Å². The van der Waals surface area contributed by atoms with Crippen LogP contribution < -0.4 is 0 Å². The molecule has 0 aromatic heterocycles.